The van der Waals surface area contributed by atoms with E-state index in [1.807, 2.05) is 18.2 Å². The molecule has 31 heavy (non-hydrogen) atoms. The molecule has 1 fully saturated rings. The molecule has 164 valence electrons. The van der Waals surface area contributed by atoms with Gasteiger partial charge in [0.2, 0.25) is 0 Å². The lowest BCUT2D eigenvalue weighted by molar-refractivity contribution is -0.384. The average molecular weight is 447 g/mol. The first-order chi connectivity index (χ1) is 14.9. The van der Waals surface area contributed by atoms with Gasteiger partial charge in [-0.15, -0.1) is 0 Å². The number of hydrogen-bond donors (Lipinski definition) is 1. The Morgan fingerprint density at radius 2 is 1.84 bits per heavy atom. The first kappa shape index (κ1) is 22.4. The summed E-state index contributed by atoms with van der Waals surface area (Å²) in [5, 5.41) is 15.2. The number of nitro groups is 1. The maximum absolute atomic E-state index is 12.9. The Morgan fingerprint density at radius 3 is 2.55 bits per heavy atom. The minimum absolute atomic E-state index is 0.191. The molecule has 2 aromatic rings. The normalized spacial score (nSPS) is 14.0. The predicted octanol–water partition coefficient (Wildman–Crippen LogP) is 3.77. The van der Waals surface area contributed by atoms with Gasteiger partial charge in [0.25, 0.3) is 11.6 Å². The van der Waals surface area contributed by atoms with Crippen molar-refractivity contribution in [2.75, 3.05) is 38.6 Å². The fourth-order valence-electron chi connectivity index (χ4n) is 3.41. The predicted molar refractivity (Wildman–Crippen MR) is 116 cm³/mol. The van der Waals surface area contributed by atoms with Crippen LogP contribution in [0.25, 0.3) is 0 Å². The molecule has 1 N–H and O–H groups in total. The summed E-state index contributed by atoms with van der Waals surface area (Å²) < 4.78 is 4.74. The monoisotopic (exact) mass is 446 g/mol. The van der Waals surface area contributed by atoms with Crippen molar-refractivity contribution in [3.05, 3.63) is 68.7 Å². The van der Waals surface area contributed by atoms with Crippen molar-refractivity contribution in [2.45, 2.75) is 13.0 Å². The highest BCUT2D eigenvalue weighted by atomic mass is 35.5. The zero-order valence-electron chi connectivity index (χ0n) is 17.0. The summed E-state index contributed by atoms with van der Waals surface area (Å²) in [4.78, 5) is 38.9. The first-order valence-corrected chi connectivity index (χ1v) is 10.2. The second-order valence-corrected chi connectivity index (χ2v) is 7.44. The highest BCUT2D eigenvalue weighted by Gasteiger charge is 2.25. The summed E-state index contributed by atoms with van der Waals surface area (Å²) in [5.74, 6) is -0.313. The molecule has 0 unspecified atom stereocenters. The highest BCUT2D eigenvalue weighted by Crippen LogP contribution is 2.28. The van der Waals surface area contributed by atoms with Crippen LogP contribution in [0.5, 0.6) is 0 Å². The van der Waals surface area contributed by atoms with Gasteiger partial charge in [0.05, 0.1) is 12.0 Å². The number of anilines is 1. The number of benzene rings is 2. The lowest BCUT2D eigenvalue weighted by atomic mass is 10.1. The first-order valence-electron chi connectivity index (χ1n) is 9.78. The SMILES string of the molecule is COC(=O)N1CCCN(C(=O)c2ccc(NCc3ccccc3Cl)c([N+](=O)[O-])c2)CC1. The van der Waals surface area contributed by atoms with Crippen LogP contribution >= 0.6 is 11.6 Å². The van der Waals surface area contributed by atoms with Gasteiger partial charge in [-0.1, -0.05) is 29.8 Å². The maximum atomic E-state index is 12.9. The number of carbonyl (C=O) groups excluding carboxylic acids is 2. The van der Waals surface area contributed by atoms with Gasteiger partial charge in [0.15, 0.2) is 0 Å². The van der Waals surface area contributed by atoms with Gasteiger partial charge in [0.1, 0.15) is 5.69 Å². The molecular weight excluding hydrogens is 424 g/mol. The zero-order chi connectivity index (χ0) is 22.4. The topological polar surface area (TPSA) is 105 Å². The summed E-state index contributed by atoms with van der Waals surface area (Å²) in [6.45, 7) is 1.92. The van der Waals surface area contributed by atoms with Crippen LogP contribution in [0.4, 0.5) is 16.2 Å². The molecule has 0 spiro atoms. The van der Waals surface area contributed by atoms with Gasteiger partial charge in [-0.05, 0) is 30.2 Å². The van der Waals surface area contributed by atoms with E-state index in [4.69, 9.17) is 16.3 Å². The van der Waals surface area contributed by atoms with Crippen molar-refractivity contribution in [3.8, 4) is 0 Å². The molecule has 3 rings (SSSR count). The number of nitro benzene ring substituents is 1. The highest BCUT2D eigenvalue weighted by molar-refractivity contribution is 6.31. The van der Waals surface area contributed by atoms with Crippen LogP contribution < -0.4 is 5.32 Å². The van der Waals surface area contributed by atoms with Gasteiger partial charge in [-0.25, -0.2) is 4.79 Å². The molecule has 1 saturated heterocycles. The van der Waals surface area contributed by atoms with E-state index in [0.29, 0.717) is 49.9 Å². The van der Waals surface area contributed by atoms with Crippen LogP contribution in [0.3, 0.4) is 0 Å². The molecule has 1 aliphatic heterocycles. The zero-order valence-corrected chi connectivity index (χ0v) is 17.8. The number of rotatable bonds is 5. The molecule has 0 saturated carbocycles. The average Bonchev–Trinajstić information content (AvgIpc) is 3.03. The molecular formula is C21H23ClN4O5. The van der Waals surface area contributed by atoms with Crippen LogP contribution in [0, 0.1) is 10.1 Å². The Bertz CT molecular complexity index is 984. The molecule has 1 heterocycles. The molecule has 10 heteroatoms. The van der Waals surface area contributed by atoms with E-state index in [1.165, 1.54) is 24.1 Å². The van der Waals surface area contributed by atoms with E-state index >= 15 is 0 Å². The quantitative estimate of drug-likeness (QED) is 0.553. The van der Waals surface area contributed by atoms with Crippen molar-refractivity contribution < 1.29 is 19.2 Å². The van der Waals surface area contributed by atoms with E-state index in [0.717, 1.165) is 5.56 Å². The Morgan fingerprint density at radius 1 is 1.13 bits per heavy atom. The van der Waals surface area contributed by atoms with Crippen molar-refractivity contribution in [1.29, 1.82) is 0 Å². The van der Waals surface area contributed by atoms with Crippen LogP contribution in [-0.2, 0) is 11.3 Å². The van der Waals surface area contributed by atoms with E-state index in [-0.39, 0.29) is 17.2 Å². The third kappa shape index (κ3) is 5.43. The minimum Gasteiger partial charge on any atom is -0.453 e. The molecule has 0 atom stereocenters. The molecule has 1 aliphatic rings. The largest absolute Gasteiger partial charge is 0.453 e. The summed E-state index contributed by atoms with van der Waals surface area (Å²) in [7, 11) is 1.32. The smallest absolute Gasteiger partial charge is 0.409 e. The van der Waals surface area contributed by atoms with Crippen molar-refractivity contribution >= 4 is 35.0 Å². The molecule has 0 radical (unpaired) electrons. The standard InChI is InChI=1S/C21H23ClN4O5/c1-31-21(28)25-10-4-9-24(11-12-25)20(27)15-7-8-18(19(13-15)26(29)30)23-14-16-5-2-3-6-17(16)22/h2-3,5-8,13,23H,4,9-12,14H2,1H3. The summed E-state index contributed by atoms with van der Waals surface area (Å²) in [5.41, 5.74) is 1.14. The van der Waals surface area contributed by atoms with Gasteiger partial charge in [-0.2, -0.15) is 0 Å². The number of ether oxygens (including phenoxy) is 1. The van der Waals surface area contributed by atoms with E-state index in [1.54, 1.807) is 17.0 Å². The lowest BCUT2D eigenvalue weighted by Gasteiger charge is -2.21. The number of amides is 2. The number of nitrogens with one attached hydrogen (secondary N) is 1. The second kappa shape index (κ2) is 10.1. The summed E-state index contributed by atoms with van der Waals surface area (Å²) in [6.07, 6.45) is 0.166. The Hall–Kier alpha value is -3.33. The number of halogens is 1. The third-order valence-corrected chi connectivity index (χ3v) is 5.45. The van der Waals surface area contributed by atoms with Crippen molar-refractivity contribution in [2.24, 2.45) is 0 Å². The molecule has 0 aliphatic carbocycles. The Kier molecular flexibility index (Phi) is 7.30. The molecule has 0 aromatic heterocycles. The van der Waals surface area contributed by atoms with Crippen LogP contribution in [0.1, 0.15) is 22.3 Å². The molecule has 9 nitrogen and oxygen atoms in total. The number of nitrogens with zero attached hydrogens (tertiary/aromatic N) is 3. The molecule has 0 bridgehead atoms. The molecule has 2 aromatic carbocycles. The second-order valence-electron chi connectivity index (χ2n) is 7.04. The van der Waals surface area contributed by atoms with Crippen LogP contribution in [0.2, 0.25) is 5.02 Å². The number of methoxy groups -OCH3 is 1. The summed E-state index contributed by atoms with van der Waals surface area (Å²) in [6, 6.07) is 11.6. The van der Waals surface area contributed by atoms with Gasteiger partial charge in [-0.3, -0.25) is 14.9 Å². The van der Waals surface area contributed by atoms with Crippen LogP contribution in [0.15, 0.2) is 42.5 Å². The summed E-state index contributed by atoms with van der Waals surface area (Å²) >= 11 is 6.14. The Balaban J connectivity index is 1.74. The van der Waals surface area contributed by atoms with E-state index in [2.05, 4.69) is 5.32 Å². The Labute approximate surface area is 184 Å². The number of carbonyl (C=O) groups is 2. The number of hydrogen-bond acceptors (Lipinski definition) is 6. The maximum Gasteiger partial charge on any atom is 0.409 e. The van der Waals surface area contributed by atoms with Gasteiger partial charge < -0.3 is 19.9 Å². The molecule has 2 amide bonds. The lowest BCUT2D eigenvalue weighted by Crippen LogP contribution is -2.37. The minimum atomic E-state index is -0.521. The fraction of sp³-hybridized carbons (Fsp3) is 0.333. The third-order valence-electron chi connectivity index (χ3n) is 5.08. The van der Waals surface area contributed by atoms with Crippen LogP contribution in [-0.4, -0.2) is 60.0 Å². The van der Waals surface area contributed by atoms with E-state index in [9.17, 15) is 19.7 Å². The fourth-order valence-corrected chi connectivity index (χ4v) is 3.61. The van der Waals surface area contributed by atoms with Gasteiger partial charge in [0, 0.05) is 49.4 Å². The van der Waals surface area contributed by atoms with Crippen molar-refractivity contribution in [1.82, 2.24) is 9.80 Å². The van der Waals surface area contributed by atoms with E-state index < -0.39 is 11.0 Å². The van der Waals surface area contributed by atoms with Gasteiger partial charge >= 0.3 is 6.09 Å². The van der Waals surface area contributed by atoms with Crippen molar-refractivity contribution in [3.63, 3.8) is 0 Å².